The van der Waals surface area contributed by atoms with Crippen LogP contribution in [0.4, 0.5) is 11.4 Å². The zero-order valence-electron chi connectivity index (χ0n) is 13.8. The first-order valence-electron chi connectivity index (χ1n) is 7.42. The van der Waals surface area contributed by atoms with E-state index in [2.05, 4.69) is 10.6 Å². The second kappa shape index (κ2) is 7.84. The van der Waals surface area contributed by atoms with E-state index >= 15 is 0 Å². The number of hydrogen-bond acceptors (Lipinski definition) is 3. The molecule has 2 aromatic carbocycles. The summed E-state index contributed by atoms with van der Waals surface area (Å²) < 4.78 is 5.51. The van der Waals surface area contributed by atoms with Crippen molar-refractivity contribution >= 4 is 34.8 Å². The first-order chi connectivity index (χ1) is 11.3. The number of aryl methyl sites for hydroxylation is 2. The quantitative estimate of drug-likeness (QED) is 0.861. The second-order valence-electron chi connectivity index (χ2n) is 5.47. The third-order valence-electron chi connectivity index (χ3n) is 3.27. The molecule has 0 aromatic heterocycles. The number of carbonyl (C=O) groups excluding carboxylic acids is 2. The van der Waals surface area contributed by atoms with E-state index in [9.17, 15) is 9.59 Å². The highest BCUT2D eigenvalue weighted by Gasteiger charge is 2.07. The summed E-state index contributed by atoms with van der Waals surface area (Å²) >= 11 is 6.10. The Kier molecular flexibility index (Phi) is 5.82. The van der Waals surface area contributed by atoms with Crippen molar-refractivity contribution in [2.75, 3.05) is 17.2 Å². The van der Waals surface area contributed by atoms with E-state index in [1.165, 1.54) is 6.92 Å². The number of amides is 2. The van der Waals surface area contributed by atoms with Crippen LogP contribution in [0.1, 0.15) is 18.1 Å². The van der Waals surface area contributed by atoms with Gasteiger partial charge < -0.3 is 15.4 Å². The fourth-order valence-electron chi connectivity index (χ4n) is 2.18. The third kappa shape index (κ3) is 4.99. The standard InChI is InChI=1S/C18H19ClN2O3/c1-11-8-16(9-12(2)18(11)19)24-10-17(23)21-15-6-4-14(5-7-15)20-13(3)22/h4-9H,10H2,1-3H3,(H,20,22)(H,21,23). The average Bonchev–Trinajstić information content (AvgIpc) is 2.52. The molecule has 5 nitrogen and oxygen atoms in total. The van der Waals surface area contributed by atoms with E-state index in [0.29, 0.717) is 22.1 Å². The zero-order valence-corrected chi connectivity index (χ0v) is 14.5. The van der Waals surface area contributed by atoms with Crippen LogP contribution in [0.2, 0.25) is 5.02 Å². The van der Waals surface area contributed by atoms with Crippen molar-refractivity contribution in [1.82, 2.24) is 0 Å². The van der Waals surface area contributed by atoms with Gasteiger partial charge in [-0.15, -0.1) is 0 Å². The van der Waals surface area contributed by atoms with Crippen molar-refractivity contribution < 1.29 is 14.3 Å². The minimum atomic E-state index is -0.271. The summed E-state index contributed by atoms with van der Waals surface area (Å²) in [7, 11) is 0. The summed E-state index contributed by atoms with van der Waals surface area (Å²) in [6.45, 7) is 5.11. The molecule has 2 aromatic rings. The predicted octanol–water partition coefficient (Wildman–Crippen LogP) is 3.93. The summed E-state index contributed by atoms with van der Waals surface area (Å²) in [5.74, 6) is 0.187. The molecule has 126 valence electrons. The Labute approximate surface area is 146 Å². The molecule has 0 radical (unpaired) electrons. The monoisotopic (exact) mass is 346 g/mol. The molecule has 0 fully saturated rings. The van der Waals surface area contributed by atoms with Gasteiger partial charge in [-0.05, 0) is 61.4 Å². The Hall–Kier alpha value is -2.53. The van der Waals surface area contributed by atoms with Crippen LogP contribution in [0.3, 0.4) is 0 Å². The van der Waals surface area contributed by atoms with Gasteiger partial charge in [-0.2, -0.15) is 0 Å². The maximum absolute atomic E-state index is 12.0. The molecule has 0 spiro atoms. The van der Waals surface area contributed by atoms with E-state index in [1.807, 2.05) is 13.8 Å². The molecule has 2 amide bonds. The Balaban J connectivity index is 1.90. The molecule has 6 heteroatoms. The summed E-state index contributed by atoms with van der Waals surface area (Å²) in [6, 6.07) is 10.4. The highest BCUT2D eigenvalue weighted by molar-refractivity contribution is 6.32. The molecule has 24 heavy (non-hydrogen) atoms. The largest absolute Gasteiger partial charge is 0.484 e. The van der Waals surface area contributed by atoms with Gasteiger partial charge in [0.05, 0.1) is 0 Å². The molecule has 0 aliphatic rings. The summed E-state index contributed by atoms with van der Waals surface area (Å²) in [4.78, 5) is 22.9. The van der Waals surface area contributed by atoms with Crippen LogP contribution >= 0.6 is 11.6 Å². The molecule has 0 atom stereocenters. The molecule has 0 bridgehead atoms. The van der Waals surface area contributed by atoms with E-state index in [0.717, 1.165) is 11.1 Å². The smallest absolute Gasteiger partial charge is 0.262 e. The minimum absolute atomic E-state index is 0.103. The fraction of sp³-hybridized carbons (Fsp3) is 0.222. The van der Waals surface area contributed by atoms with Crippen LogP contribution in [0.15, 0.2) is 36.4 Å². The van der Waals surface area contributed by atoms with Gasteiger partial charge in [0.15, 0.2) is 6.61 Å². The van der Waals surface area contributed by atoms with E-state index < -0.39 is 0 Å². The van der Waals surface area contributed by atoms with Crippen molar-refractivity contribution in [3.8, 4) is 5.75 Å². The van der Waals surface area contributed by atoms with Crippen LogP contribution in [0.5, 0.6) is 5.75 Å². The lowest BCUT2D eigenvalue weighted by atomic mass is 10.1. The topological polar surface area (TPSA) is 67.4 Å². The SMILES string of the molecule is CC(=O)Nc1ccc(NC(=O)COc2cc(C)c(Cl)c(C)c2)cc1. The van der Waals surface area contributed by atoms with Crippen molar-refractivity contribution in [2.45, 2.75) is 20.8 Å². The van der Waals surface area contributed by atoms with Crippen molar-refractivity contribution in [3.05, 3.63) is 52.5 Å². The first-order valence-corrected chi connectivity index (χ1v) is 7.80. The van der Waals surface area contributed by atoms with Crippen LogP contribution in [0, 0.1) is 13.8 Å². The second-order valence-corrected chi connectivity index (χ2v) is 5.84. The molecule has 2 rings (SSSR count). The lowest BCUT2D eigenvalue weighted by Gasteiger charge is -2.10. The Morgan fingerprint density at radius 2 is 1.50 bits per heavy atom. The van der Waals surface area contributed by atoms with Crippen LogP contribution in [0.25, 0.3) is 0 Å². The van der Waals surface area contributed by atoms with Gasteiger partial charge in [-0.3, -0.25) is 9.59 Å². The van der Waals surface area contributed by atoms with Crippen LogP contribution in [-0.4, -0.2) is 18.4 Å². The number of anilines is 2. The zero-order chi connectivity index (χ0) is 17.7. The highest BCUT2D eigenvalue weighted by atomic mass is 35.5. The third-order valence-corrected chi connectivity index (χ3v) is 3.87. The molecular formula is C18H19ClN2O3. The lowest BCUT2D eigenvalue weighted by molar-refractivity contribution is -0.118. The number of nitrogens with one attached hydrogen (secondary N) is 2. The summed E-state index contributed by atoms with van der Waals surface area (Å²) in [5.41, 5.74) is 3.10. The van der Waals surface area contributed by atoms with E-state index in [4.69, 9.17) is 16.3 Å². The molecule has 0 saturated carbocycles. The number of hydrogen-bond donors (Lipinski definition) is 2. The molecule has 0 unspecified atom stereocenters. The summed E-state index contributed by atoms with van der Waals surface area (Å²) in [6.07, 6.45) is 0. The first kappa shape index (κ1) is 17.8. The van der Waals surface area contributed by atoms with E-state index in [1.54, 1.807) is 36.4 Å². The molecule has 0 saturated heterocycles. The van der Waals surface area contributed by atoms with Gasteiger partial charge in [0.1, 0.15) is 5.75 Å². The molecule has 0 aliphatic carbocycles. The van der Waals surface area contributed by atoms with Gasteiger partial charge in [0, 0.05) is 23.3 Å². The number of halogens is 1. The van der Waals surface area contributed by atoms with E-state index in [-0.39, 0.29) is 18.4 Å². The predicted molar refractivity (Wildman–Crippen MR) is 95.8 cm³/mol. The summed E-state index contributed by atoms with van der Waals surface area (Å²) in [5, 5.41) is 6.09. The van der Waals surface area contributed by atoms with Gasteiger partial charge in [-0.1, -0.05) is 11.6 Å². The Morgan fingerprint density at radius 3 is 2.00 bits per heavy atom. The van der Waals surface area contributed by atoms with Crippen molar-refractivity contribution in [3.63, 3.8) is 0 Å². The number of ether oxygens (including phenoxy) is 1. The Bertz CT molecular complexity index is 734. The lowest BCUT2D eigenvalue weighted by Crippen LogP contribution is -2.20. The molecule has 0 aliphatic heterocycles. The highest BCUT2D eigenvalue weighted by Crippen LogP contribution is 2.25. The number of rotatable bonds is 5. The normalized spacial score (nSPS) is 10.2. The van der Waals surface area contributed by atoms with Crippen LogP contribution in [-0.2, 0) is 9.59 Å². The van der Waals surface area contributed by atoms with Crippen molar-refractivity contribution in [2.24, 2.45) is 0 Å². The fourth-order valence-corrected chi connectivity index (χ4v) is 2.28. The number of carbonyl (C=O) groups is 2. The van der Waals surface area contributed by atoms with Gasteiger partial charge in [0.25, 0.3) is 5.91 Å². The molecule has 0 heterocycles. The molecular weight excluding hydrogens is 328 g/mol. The average molecular weight is 347 g/mol. The molecule has 2 N–H and O–H groups in total. The van der Waals surface area contributed by atoms with Gasteiger partial charge in [-0.25, -0.2) is 0 Å². The Morgan fingerprint density at radius 1 is 1.00 bits per heavy atom. The van der Waals surface area contributed by atoms with Gasteiger partial charge >= 0.3 is 0 Å². The maximum Gasteiger partial charge on any atom is 0.262 e. The number of benzene rings is 2. The minimum Gasteiger partial charge on any atom is -0.484 e. The van der Waals surface area contributed by atoms with Crippen molar-refractivity contribution in [1.29, 1.82) is 0 Å². The van der Waals surface area contributed by atoms with Gasteiger partial charge in [0.2, 0.25) is 5.91 Å². The van der Waals surface area contributed by atoms with Crippen LogP contribution < -0.4 is 15.4 Å². The maximum atomic E-state index is 12.0.